The lowest BCUT2D eigenvalue weighted by Gasteiger charge is -2.05. The Labute approximate surface area is 180 Å². The van der Waals surface area contributed by atoms with E-state index < -0.39 is 0 Å². The molecule has 0 spiro atoms. The van der Waals surface area contributed by atoms with Gasteiger partial charge in [0.15, 0.2) is 0 Å². The Bertz CT molecular complexity index is 1050. The molecule has 3 aromatic rings. The molecule has 31 heavy (non-hydrogen) atoms. The first-order valence-electron chi connectivity index (χ1n) is 10.0. The molecule has 0 aliphatic carbocycles. The van der Waals surface area contributed by atoms with Crippen LogP contribution in [0.2, 0.25) is 0 Å². The first-order valence-corrected chi connectivity index (χ1v) is 10.0. The zero-order valence-corrected chi connectivity index (χ0v) is 17.5. The molecular formula is C24H24N2O5. The summed E-state index contributed by atoms with van der Waals surface area (Å²) in [5.74, 6) is 1.02. The van der Waals surface area contributed by atoms with Crippen molar-refractivity contribution < 1.29 is 23.5 Å². The van der Waals surface area contributed by atoms with Gasteiger partial charge in [-0.25, -0.2) is 10.2 Å². The molecule has 7 nitrogen and oxygen atoms in total. The highest BCUT2D eigenvalue weighted by molar-refractivity contribution is 5.95. The summed E-state index contributed by atoms with van der Waals surface area (Å²) < 4.78 is 16.3. The van der Waals surface area contributed by atoms with E-state index in [1.807, 2.05) is 13.0 Å². The molecular weight excluding hydrogens is 396 g/mol. The summed E-state index contributed by atoms with van der Waals surface area (Å²) in [4.78, 5) is 24.1. The Balaban J connectivity index is 1.60. The maximum atomic E-state index is 12.2. The van der Waals surface area contributed by atoms with Gasteiger partial charge in [0.25, 0.3) is 5.91 Å². The smallest absolute Gasteiger partial charge is 0.338 e. The first kappa shape index (κ1) is 21.8. The Hall–Kier alpha value is -3.87. The van der Waals surface area contributed by atoms with E-state index in [1.54, 1.807) is 61.5 Å². The minimum atomic E-state index is -0.384. The Morgan fingerprint density at radius 1 is 1.03 bits per heavy atom. The lowest BCUT2D eigenvalue weighted by atomic mass is 10.1. The number of hydrogen-bond donors (Lipinski definition) is 1. The van der Waals surface area contributed by atoms with Crippen LogP contribution < -0.4 is 10.2 Å². The van der Waals surface area contributed by atoms with E-state index in [0.29, 0.717) is 35.9 Å². The van der Waals surface area contributed by atoms with E-state index in [4.69, 9.17) is 13.9 Å². The molecule has 0 saturated heterocycles. The summed E-state index contributed by atoms with van der Waals surface area (Å²) in [6.45, 7) is 4.74. The molecule has 0 bridgehead atoms. The molecule has 7 heteroatoms. The van der Waals surface area contributed by atoms with Crippen molar-refractivity contribution in [1.82, 2.24) is 5.43 Å². The predicted molar refractivity (Wildman–Crippen MR) is 117 cm³/mol. The number of amides is 1. The van der Waals surface area contributed by atoms with Crippen molar-refractivity contribution in [3.63, 3.8) is 0 Å². The summed E-state index contributed by atoms with van der Waals surface area (Å²) in [5, 5.41) is 3.94. The third kappa shape index (κ3) is 6.05. The largest absolute Gasteiger partial charge is 0.494 e. The van der Waals surface area contributed by atoms with Crippen molar-refractivity contribution in [2.45, 2.75) is 20.3 Å². The number of furan rings is 1. The molecule has 1 heterocycles. The molecule has 160 valence electrons. The van der Waals surface area contributed by atoms with Crippen LogP contribution in [0.25, 0.3) is 11.3 Å². The fourth-order valence-corrected chi connectivity index (χ4v) is 2.73. The second-order valence-electron chi connectivity index (χ2n) is 6.58. The van der Waals surface area contributed by atoms with Crippen LogP contribution in [0.3, 0.4) is 0 Å². The second kappa shape index (κ2) is 10.8. The fraction of sp³-hybridized carbons (Fsp3) is 0.208. The summed E-state index contributed by atoms with van der Waals surface area (Å²) in [7, 11) is 0. The van der Waals surface area contributed by atoms with Crippen LogP contribution in [0.4, 0.5) is 0 Å². The van der Waals surface area contributed by atoms with E-state index in [9.17, 15) is 9.59 Å². The normalized spacial score (nSPS) is 10.8. The second-order valence-corrected chi connectivity index (χ2v) is 6.58. The highest BCUT2D eigenvalue weighted by atomic mass is 16.5. The molecule has 1 amide bonds. The number of nitrogens with zero attached hydrogens (tertiary/aromatic N) is 1. The zero-order chi connectivity index (χ0) is 22.1. The zero-order valence-electron chi connectivity index (χ0n) is 17.5. The summed E-state index contributed by atoms with van der Waals surface area (Å²) in [5.41, 5.74) is 4.12. The van der Waals surface area contributed by atoms with Gasteiger partial charge >= 0.3 is 5.97 Å². The van der Waals surface area contributed by atoms with Gasteiger partial charge in [-0.05, 0) is 61.9 Å². The predicted octanol–water partition coefficient (Wildman–Crippen LogP) is 4.68. The fourth-order valence-electron chi connectivity index (χ4n) is 2.73. The van der Waals surface area contributed by atoms with Crippen molar-refractivity contribution in [3.05, 3.63) is 77.6 Å². The van der Waals surface area contributed by atoms with Gasteiger partial charge in [-0.2, -0.15) is 5.10 Å². The van der Waals surface area contributed by atoms with Gasteiger partial charge in [-0.3, -0.25) is 4.79 Å². The van der Waals surface area contributed by atoms with Crippen LogP contribution in [-0.2, 0) is 4.74 Å². The number of carbonyl (C=O) groups excluding carboxylic acids is 2. The molecule has 0 atom stereocenters. The number of benzene rings is 2. The number of esters is 1. The van der Waals surface area contributed by atoms with E-state index in [0.717, 1.165) is 17.7 Å². The molecule has 1 aromatic heterocycles. The maximum absolute atomic E-state index is 12.2. The highest BCUT2D eigenvalue weighted by Gasteiger charge is 2.10. The summed E-state index contributed by atoms with van der Waals surface area (Å²) >= 11 is 0. The average molecular weight is 420 g/mol. The molecule has 0 unspecified atom stereocenters. The van der Waals surface area contributed by atoms with Crippen LogP contribution in [0, 0.1) is 0 Å². The third-order valence-corrected chi connectivity index (χ3v) is 4.23. The van der Waals surface area contributed by atoms with Crippen LogP contribution in [-0.4, -0.2) is 31.3 Å². The molecule has 2 aromatic carbocycles. The third-order valence-electron chi connectivity index (χ3n) is 4.23. The minimum Gasteiger partial charge on any atom is -0.494 e. The standard InChI is InChI=1S/C24H24N2O5/c1-3-14-30-20-10-8-17(9-11-20)23(27)26-25-16-21-12-13-22(31-21)18-6-5-7-19(15-18)24(28)29-4-2/h5-13,15-16H,3-4,14H2,1-2H3,(H,26,27)/b25-16+. The van der Waals surface area contributed by atoms with E-state index >= 15 is 0 Å². The van der Waals surface area contributed by atoms with E-state index in [-0.39, 0.29) is 11.9 Å². The Morgan fingerprint density at radius 3 is 2.58 bits per heavy atom. The summed E-state index contributed by atoms with van der Waals surface area (Å²) in [6.07, 6.45) is 2.33. The van der Waals surface area contributed by atoms with Gasteiger partial charge in [0, 0.05) is 11.1 Å². The monoisotopic (exact) mass is 420 g/mol. The number of rotatable bonds is 9. The van der Waals surface area contributed by atoms with Crippen LogP contribution >= 0.6 is 0 Å². The molecule has 0 fully saturated rings. The Morgan fingerprint density at radius 2 is 1.84 bits per heavy atom. The van der Waals surface area contributed by atoms with Crippen molar-refractivity contribution in [3.8, 4) is 17.1 Å². The molecule has 1 N–H and O–H groups in total. The average Bonchev–Trinajstić information content (AvgIpc) is 3.27. The van der Waals surface area contributed by atoms with Crippen molar-refractivity contribution in [2.24, 2.45) is 5.10 Å². The topological polar surface area (TPSA) is 90.1 Å². The SMILES string of the molecule is CCCOc1ccc(C(=O)N/N=C/c2ccc(-c3cccc(C(=O)OCC)c3)o2)cc1. The van der Waals surface area contributed by atoms with Gasteiger partial charge in [-0.1, -0.05) is 19.1 Å². The maximum Gasteiger partial charge on any atom is 0.338 e. The minimum absolute atomic E-state index is 0.312. The van der Waals surface area contributed by atoms with Gasteiger partial charge in [0.1, 0.15) is 17.3 Å². The number of ether oxygens (including phenoxy) is 2. The molecule has 0 radical (unpaired) electrons. The molecule has 3 rings (SSSR count). The summed E-state index contributed by atoms with van der Waals surface area (Å²) in [6, 6.07) is 17.3. The van der Waals surface area contributed by atoms with Gasteiger partial charge in [0.2, 0.25) is 0 Å². The number of hydrogen-bond acceptors (Lipinski definition) is 6. The first-order chi connectivity index (χ1) is 15.1. The number of carbonyl (C=O) groups is 2. The van der Waals surface area contributed by atoms with Crippen LogP contribution in [0.15, 0.2) is 70.2 Å². The quantitative estimate of drug-likeness (QED) is 0.308. The van der Waals surface area contributed by atoms with Crippen LogP contribution in [0.5, 0.6) is 5.75 Å². The molecule has 0 saturated carbocycles. The number of hydrazone groups is 1. The van der Waals surface area contributed by atoms with E-state index in [1.165, 1.54) is 6.21 Å². The van der Waals surface area contributed by atoms with Gasteiger partial charge in [-0.15, -0.1) is 0 Å². The molecule has 0 aliphatic heterocycles. The van der Waals surface area contributed by atoms with Gasteiger partial charge in [0.05, 0.1) is 25.0 Å². The van der Waals surface area contributed by atoms with Crippen LogP contribution in [0.1, 0.15) is 46.7 Å². The number of nitrogens with one attached hydrogen (secondary N) is 1. The lowest BCUT2D eigenvalue weighted by Crippen LogP contribution is -2.17. The van der Waals surface area contributed by atoms with Crippen molar-refractivity contribution in [2.75, 3.05) is 13.2 Å². The highest BCUT2D eigenvalue weighted by Crippen LogP contribution is 2.23. The lowest BCUT2D eigenvalue weighted by molar-refractivity contribution is 0.0526. The van der Waals surface area contributed by atoms with Crippen molar-refractivity contribution in [1.29, 1.82) is 0 Å². The van der Waals surface area contributed by atoms with Crippen molar-refractivity contribution >= 4 is 18.1 Å². The van der Waals surface area contributed by atoms with E-state index in [2.05, 4.69) is 10.5 Å². The van der Waals surface area contributed by atoms with Gasteiger partial charge < -0.3 is 13.9 Å². The Kier molecular flexibility index (Phi) is 7.59. The molecule has 0 aliphatic rings.